The van der Waals surface area contributed by atoms with Crippen LogP contribution in [0.2, 0.25) is 5.02 Å². The molecule has 0 saturated carbocycles. The van der Waals surface area contributed by atoms with Gasteiger partial charge in [-0.2, -0.15) is 0 Å². The molecule has 19 heavy (non-hydrogen) atoms. The molecule has 0 spiro atoms. The summed E-state index contributed by atoms with van der Waals surface area (Å²) in [6, 6.07) is 5.22. The van der Waals surface area contributed by atoms with E-state index >= 15 is 0 Å². The summed E-state index contributed by atoms with van der Waals surface area (Å²) in [5.41, 5.74) is 0. The van der Waals surface area contributed by atoms with E-state index in [0.717, 1.165) is 4.47 Å². The van der Waals surface area contributed by atoms with E-state index in [4.69, 9.17) is 16.3 Å². The van der Waals surface area contributed by atoms with Crippen LogP contribution in [0.4, 0.5) is 0 Å². The zero-order valence-electron chi connectivity index (χ0n) is 10.2. The molecule has 1 aromatic carbocycles. The second kappa shape index (κ2) is 6.39. The van der Waals surface area contributed by atoms with E-state index < -0.39 is 0 Å². The summed E-state index contributed by atoms with van der Waals surface area (Å²) in [7, 11) is 0. The number of Topliss-reactive ketones (excluding diaryl/α,β-unsaturated/α-hetero) is 1. The van der Waals surface area contributed by atoms with E-state index in [0.29, 0.717) is 36.7 Å². The zero-order chi connectivity index (χ0) is 13.8. The van der Waals surface area contributed by atoms with Crippen molar-refractivity contribution in [3.05, 3.63) is 27.7 Å². The Hall–Kier alpha value is -1.07. The molecule has 1 amide bonds. The molecule has 0 bridgehead atoms. The number of piperidine rings is 1. The number of likely N-dealkylation sites (tertiary alicyclic amines) is 1. The lowest BCUT2D eigenvalue weighted by molar-refractivity contribution is -0.136. The van der Waals surface area contributed by atoms with Gasteiger partial charge in [0, 0.05) is 30.4 Å². The summed E-state index contributed by atoms with van der Waals surface area (Å²) in [4.78, 5) is 24.7. The van der Waals surface area contributed by atoms with Gasteiger partial charge >= 0.3 is 0 Å². The molecule has 2 rings (SSSR count). The molecule has 0 N–H and O–H groups in total. The fraction of sp³-hybridized carbons (Fsp3) is 0.385. The molecule has 0 aromatic heterocycles. The summed E-state index contributed by atoms with van der Waals surface area (Å²) >= 11 is 9.28. The minimum atomic E-state index is -0.122. The largest absolute Gasteiger partial charge is 0.482 e. The van der Waals surface area contributed by atoms with Gasteiger partial charge in [0.1, 0.15) is 11.5 Å². The normalized spacial score (nSPS) is 15.5. The molecule has 1 aliphatic heterocycles. The molecule has 6 heteroatoms. The molecule has 4 nitrogen and oxygen atoms in total. The summed E-state index contributed by atoms with van der Waals surface area (Å²) < 4.78 is 6.26. The second-order valence-corrected chi connectivity index (χ2v) is 5.61. The van der Waals surface area contributed by atoms with Crippen LogP contribution in [-0.2, 0) is 9.59 Å². The first-order valence-corrected chi connectivity index (χ1v) is 7.10. The molecule has 0 radical (unpaired) electrons. The molecule has 102 valence electrons. The Balaban J connectivity index is 1.89. The lowest BCUT2D eigenvalue weighted by atomic mass is 10.1. The molecule has 1 aliphatic rings. The maximum atomic E-state index is 11.9. The van der Waals surface area contributed by atoms with Crippen LogP contribution in [-0.4, -0.2) is 36.3 Å². The van der Waals surface area contributed by atoms with E-state index in [2.05, 4.69) is 15.9 Å². The van der Waals surface area contributed by atoms with Gasteiger partial charge in [-0.3, -0.25) is 9.59 Å². The molecular weight excluding hydrogens is 334 g/mol. The highest BCUT2D eigenvalue weighted by Gasteiger charge is 2.21. The summed E-state index contributed by atoms with van der Waals surface area (Å²) in [5, 5.41) is 0.463. The van der Waals surface area contributed by atoms with Crippen molar-refractivity contribution in [2.24, 2.45) is 0 Å². The molecular formula is C13H13BrClNO3. The highest BCUT2D eigenvalue weighted by atomic mass is 79.9. The number of hydrogen-bond acceptors (Lipinski definition) is 3. The van der Waals surface area contributed by atoms with Gasteiger partial charge in [-0.25, -0.2) is 0 Å². The van der Waals surface area contributed by atoms with Gasteiger partial charge < -0.3 is 9.64 Å². The summed E-state index contributed by atoms with van der Waals surface area (Å²) in [6.07, 6.45) is 0.868. The molecule has 1 heterocycles. The van der Waals surface area contributed by atoms with Crippen LogP contribution in [0.5, 0.6) is 5.75 Å². The molecule has 0 atom stereocenters. The summed E-state index contributed by atoms with van der Waals surface area (Å²) in [6.45, 7) is 0.894. The fourth-order valence-corrected chi connectivity index (χ4v) is 2.34. The quantitative estimate of drug-likeness (QED) is 0.845. The number of ketones is 1. The number of carbonyl (C=O) groups is 2. The molecule has 1 fully saturated rings. The number of carbonyl (C=O) groups excluding carboxylic acids is 2. The Morgan fingerprint density at radius 3 is 2.74 bits per heavy atom. The third-order valence-electron chi connectivity index (χ3n) is 2.92. The first-order valence-electron chi connectivity index (χ1n) is 5.93. The number of amides is 1. The monoisotopic (exact) mass is 345 g/mol. The van der Waals surface area contributed by atoms with Gasteiger partial charge in [-0.1, -0.05) is 27.5 Å². The van der Waals surface area contributed by atoms with Crippen molar-refractivity contribution in [3.63, 3.8) is 0 Å². The van der Waals surface area contributed by atoms with Crippen LogP contribution in [0.3, 0.4) is 0 Å². The zero-order valence-corrected chi connectivity index (χ0v) is 12.5. The van der Waals surface area contributed by atoms with Crippen molar-refractivity contribution in [1.29, 1.82) is 0 Å². The van der Waals surface area contributed by atoms with Gasteiger partial charge in [0.25, 0.3) is 5.91 Å². The summed E-state index contributed by atoms with van der Waals surface area (Å²) in [5.74, 6) is 0.557. The Morgan fingerprint density at radius 2 is 2.05 bits per heavy atom. The minimum Gasteiger partial charge on any atom is -0.482 e. The first kappa shape index (κ1) is 14.3. The minimum absolute atomic E-state index is 0.0651. The van der Waals surface area contributed by atoms with Crippen LogP contribution < -0.4 is 4.74 Å². The van der Waals surface area contributed by atoms with Gasteiger partial charge in [0.15, 0.2) is 6.61 Å². The SMILES string of the molecule is O=C1CCN(C(=O)COc2cc(Br)ccc2Cl)CC1. The van der Waals surface area contributed by atoms with Crippen molar-refractivity contribution in [1.82, 2.24) is 4.90 Å². The van der Waals surface area contributed by atoms with Crippen molar-refractivity contribution >= 4 is 39.2 Å². The lowest BCUT2D eigenvalue weighted by Gasteiger charge is -2.26. The number of nitrogens with zero attached hydrogens (tertiary/aromatic N) is 1. The topological polar surface area (TPSA) is 46.6 Å². The van der Waals surface area contributed by atoms with Crippen LogP contribution >= 0.6 is 27.5 Å². The van der Waals surface area contributed by atoms with Crippen LogP contribution in [0.15, 0.2) is 22.7 Å². The van der Waals surface area contributed by atoms with Crippen LogP contribution in [0.25, 0.3) is 0 Å². The van der Waals surface area contributed by atoms with E-state index in [9.17, 15) is 9.59 Å². The number of ether oxygens (including phenoxy) is 1. The van der Waals surface area contributed by atoms with E-state index in [1.807, 2.05) is 0 Å². The third kappa shape index (κ3) is 3.94. The van der Waals surface area contributed by atoms with Crippen LogP contribution in [0.1, 0.15) is 12.8 Å². The van der Waals surface area contributed by atoms with Crippen molar-refractivity contribution < 1.29 is 14.3 Å². The Morgan fingerprint density at radius 1 is 1.37 bits per heavy atom. The molecule has 0 unspecified atom stereocenters. The number of rotatable bonds is 3. The second-order valence-electron chi connectivity index (χ2n) is 4.28. The predicted octanol–water partition coefficient (Wildman–Crippen LogP) is 2.67. The Labute approximate surface area is 124 Å². The van der Waals surface area contributed by atoms with Crippen LogP contribution in [0, 0.1) is 0 Å². The van der Waals surface area contributed by atoms with E-state index in [-0.39, 0.29) is 18.3 Å². The van der Waals surface area contributed by atoms with Crippen molar-refractivity contribution in [2.45, 2.75) is 12.8 Å². The first-order chi connectivity index (χ1) is 9.06. The predicted molar refractivity (Wildman–Crippen MR) is 75.5 cm³/mol. The van der Waals surface area contributed by atoms with Gasteiger partial charge in [-0.05, 0) is 18.2 Å². The van der Waals surface area contributed by atoms with Gasteiger partial charge in [-0.15, -0.1) is 0 Å². The Kier molecular flexibility index (Phi) is 4.82. The third-order valence-corrected chi connectivity index (χ3v) is 3.72. The van der Waals surface area contributed by atoms with E-state index in [1.54, 1.807) is 23.1 Å². The molecule has 0 aliphatic carbocycles. The van der Waals surface area contributed by atoms with Gasteiger partial charge in [0.2, 0.25) is 0 Å². The average molecular weight is 347 g/mol. The highest BCUT2D eigenvalue weighted by molar-refractivity contribution is 9.10. The molecule has 1 saturated heterocycles. The van der Waals surface area contributed by atoms with Crippen molar-refractivity contribution in [2.75, 3.05) is 19.7 Å². The average Bonchev–Trinajstić information content (AvgIpc) is 2.40. The Bertz CT molecular complexity index is 497. The highest BCUT2D eigenvalue weighted by Crippen LogP contribution is 2.27. The standard InChI is InChI=1S/C13H13BrClNO3/c14-9-1-2-11(15)12(7-9)19-8-13(18)16-5-3-10(17)4-6-16/h1-2,7H,3-6,8H2. The molecule has 1 aromatic rings. The van der Waals surface area contributed by atoms with Crippen molar-refractivity contribution in [3.8, 4) is 5.75 Å². The van der Waals surface area contributed by atoms with E-state index in [1.165, 1.54) is 0 Å². The number of benzene rings is 1. The maximum absolute atomic E-state index is 11.9. The smallest absolute Gasteiger partial charge is 0.260 e. The maximum Gasteiger partial charge on any atom is 0.260 e. The fourth-order valence-electron chi connectivity index (χ4n) is 1.82. The number of hydrogen-bond donors (Lipinski definition) is 0. The van der Waals surface area contributed by atoms with Gasteiger partial charge in [0.05, 0.1) is 5.02 Å². The number of halogens is 2. The lowest BCUT2D eigenvalue weighted by Crippen LogP contribution is -2.41.